The monoisotopic (exact) mass is 262 g/mol. The molecule has 4 nitrogen and oxygen atoms in total. The number of nitrogens with one attached hydrogen (secondary N) is 1. The SMILES string of the molecule is CCCNC(C)c1ccc(F)cc1-c1cnnn1C. The Morgan fingerprint density at radius 2 is 2.21 bits per heavy atom. The summed E-state index contributed by atoms with van der Waals surface area (Å²) in [5, 5.41) is 11.2. The number of aryl methyl sites for hydroxylation is 1. The molecule has 102 valence electrons. The topological polar surface area (TPSA) is 42.7 Å². The molecule has 19 heavy (non-hydrogen) atoms. The van der Waals surface area contributed by atoms with E-state index >= 15 is 0 Å². The molecule has 0 saturated carbocycles. The molecule has 0 radical (unpaired) electrons. The van der Waals surface area contributed by atoms with E-state index < -0.39 is 0 Å². The fourth-order valence-corrected chi connectivity index (χ4v) is 2.13. The van der Waals surface area contributed by atoms with E-state index in [1.807, 2.05) is 6.07 Å². The summed E-state index contributed by atoms with van der Waals surface area (Å²) in [6, 6.07) is 5.01. The van der Waals surface area contributed by atoms with E-state index in [-0.39, 0.29) is 11.9 Å². The van der Waals surface area contributed by atoms with E-state index in [1.54, 1.807) is 17.9 Å². The van der Waals surface area contributed by atoms with Gasteiger partial charge in [-0.3, -0.25) is 0 Å². The Labute approximate surface area is 112 Å². The highest BCUT2D eigenvalue weighted by Gasteiger charge is 2.15. The van der Waals surface area contributed by atoms with Crippen LogP contribution < -0.4 is 5.32 Å². The van der Waals surface area contributed by atoms with Crippen molar-refractivity contribution in [2.75, 3.05) is 6.54 Å². The molecule has 1 aromatic heterocycles. The van der Waals surface area contributed by atoms with Gasteiger partial charge in [0, 0.05) is 18.7 Å². The quantitative estimate of drug-likeness (QED) is 0.901. The number of hydrogen-bond donors (Lipinski definition) is 1. The molecule has 1 aromatic carbocycles. The lowest BCUT2D eigenvalue weighted by Gasteiger charge is -2.17. The van der Waals surface area contributed by atoms with Crippen molar-refractivity contribution in [1.29, 1.82) is 0 Å². The molecule has 1 unspecified atom stereocenters. The first-order valence-corrected chi connectivity index (χ1v) is 6.51. The summed E-state index contributed by atoms with van der Waals surface area (Å²) < 4.78 is 15.2. The van der Waals surface area contributed by atoms with Crippen molar-refractivity contribution in [3.63, 3.8) is 0 Å². The molecule has 0 spiro atoms. The number of benzene rings is 1. The number of rotatable bonds is 5. The molecule has 2 rings (SSSR count). The van der Waals surface area contributed by atoms with Gasteiger partial charge in [0.05, 0.1) is 11.9 Å². The van der Waals surface area contributed by atoms with Gasteiger partial charge in [-0.25, -0.2) is 9.07 Å². The van der Waals surface area contributed by atoms with Crippen LogP contribution in [0.15, 0.2) is 24.4 Å². The first kappa shape index (κ1) is 13.7. The standard InChI is InChI=1S/C14H19FN4/c1-4-7-16-10(2)12-6-5-11(15)8-13(12)14-9-17-18-19(14)3/h5-6,8-10,16H,4,7H2,1-3H3. The Morgan fingerprint density at radius 1 is 1.42 bits per heavy atom. The molecule has 0 aliphatic rings. The minimum Gasteiger partial charge on any atom is -0.310 e. The Balaban J connectivity index is 2.41. The third-order valence-corrected chi connectivity index (χ3v) is 3.17. The van der Waals surface area contributed by atoms with Crippen LogP contribution in [0.2, 0.25) is 0 Å². The second kappa shape index (κ2) is 5.93. The van der Waals surface area contributed by atoms with Crippen LogP contribution in [0, 0.1) is 5.82 Å². The minimum atomic E-state index is -0.248. The lowest BCUT2D eigenvalue weighted by atomic mass is 9.99. The molecule has 0 bridgehead atoms. The van der Waals surface area contributed by atoms with Crippen LogP contribution in [0.5, 0.6) is 0 Å². The molecular weight excluding hydrogens is 243 g/mol. The van der Waals surface area contributed by atoms with Crippen molar-refractivity contribution in [2.45, 2.75) is 26.3 Å². The third-order valence-electron chi connectivity index (χ3n) is 3.17. The van der Waals surface area contributed by atoms with E-state index in [4.69, 9.17) is 0 Å². The minimum absolute atomic E-state index is 0.158. The molecule has 1 N–H and O–H groups in total. The molecule has 1 heterocycles. The molecule has 0 aliphatic heterocycles. The molecular formula is C14H19FN4. The highest BCUT2D eigenvalue weighted by Crippen LogP contribution is 2.28. The molecule has 5 heteroatoms. The zero-order valence-electron chi connectivity index (χ0n) is 11.5. The highest BCUT2D eigenvalue weighted by atomic mass is 19.1. The van der Waals surface area contributed by atoms with E-state index in [0.717, 1.165) is 29.8 Å². The van der Waals surface area contributed by atoms with Crippen molar-refractivity contribution in [2.24, 2.45) is 7.05 Å². The fourth-order valence-electron chi connectivity index (χ4n) is 2.13. The van der Waals surface area contributed by atoms with E-state index in [2.05, 4.69) is 29.5 Å². The fraction of sp³-hybridized carbons (Fsp3) is 0.429. The van der Waals surface area contributed by atoms with Gasteiger partial charge in [0.2, 0.25) is 0 Å². The van der Waals surface area contributed by atoms with Gasteiger partial charge in [-0.05, 0) is 37.6 Å². The van der Waals surface area contributed by atoms with Crippen LogP contribution in [0.3, 0.4) is 0 Å². The predicted octanol–water partition coefficient (Wildman–Crippen LogP) is 2.68. The second-order valence-corrected chi connectivity index (χ2v) is 4.65. The van der Waals surface area contributed by atoms with Crippen molar-refractivity contribution < 1.29 is 4.39 Å². The summed E-state index contributed by atoms with van der Waals surface area (Å²) in [4.78, 5) is 0. The van der Waals surface area contributed by atoms with E-state index in [0.29, 0.717) is 0 Å². The van der Waals surface area contributed by atoms with Gasteiger partial charge < -0.3 is 5.32 Å². The maximum atomic E-state index is 13.5. The highest BCUT2D eigenvalue weighted by molar-refractivity contribution is 5.64. The molecule has 0 fully saturated rings. The summed E-state index contributed by atoms with van der Waals surface area (Å²) in [6.07, 6.45) is 2.72. The number of aromatic nitrogens is 3. The first-order chi connectivity index (χ1) is 9.13. The summed E-state index contributed by atoms with van der Waals surface area (Å²) in [7, 11) is 1.81. The lowest BCUT2D eigenvalue weighted by Crippen LogP contribution is -2.20. The van der Waals surface area contributed by atoms with Crippen LogP contribution in [0.1, 0.15) is 31.9 Å². The van der Waals surface area contributed by atoms with Crippen LogP contribution in [0.4, 0.5) is 4.39 Å². The summed E-state index contributed by atoms with van der Waals surface area (Å²) in [6.45, 7) is 5.13. The Kier molecular flexibility index (Phi) is 4.27. The van der Waals surface area contributed by atoms with E-state index in [9.17, 15) is 4.39 Å². The number of halogens is 1. The molecule has 1 atom stereocenters. The molecule has 2 aromatic rings. The van der Waals surface area contributed by atoms with Crippen LogP contribution >= 0.6 is 0 Å². The van der Waals surface area contributed by atoms with Crippen molar-refractivity contribution in [3.8, 4) is 11.3 Å². The maximum Gasteiger partial charge on any atom is 0.123 e. The normalized spacial score (nSPS) is 12.6. The van der Waals surface area contributed by atoms with E-state index in [1.165, 1.54) is 12.1 Å². The lowest BCUT2D eigenvalue weighted by molar-refractivity contribution is 0.568. The van der Waals surface area contributed by atoms with Crippen molar-refractivity contribution >= 4 is 0 Å². The van der Waals surface area contributed by atoms with Gasteiger partial charge in [0.25, 0.3) is 0 Å². The predicted molar refractivity (Wildman–Crippen MR) is 73.1 cm³/mol. The van der Waals surface area contributed by atoms with Crippen LogP contribution in [-0.4, -0.2) is 21.5 Å². The van der Waals surface area contributed by atoms with Gasteiger partial charge >= 0.3 is 0 Å². The number of nitrogens with zero attached hydrogens (tertiary/aromatic N) is 3. The smallest absolute Gasteiger partial charge is 0.123 e. The van der Waals surface area contributed by atoms with Gasteiger partial charge in [-0.15, -0.1) is 5.10 Å². The molecule has 0 amide bonds. The van der Waals surface area contributed by atoms with Gasteiger partial charge in [0.15, 0.2) is 0 Å². The van der Waals surface area contributed by atoms with Crippen molar-refractivity contribution in [3.05, 3.63) is 35.8 Å². The zero-order chi connectivity index (χ0) is 13.8. The Hall–Kier alpha value is -1.75. The van der Waals surface area contributed by atoms with Gasteiger partial charge in [-0.2, -0.15) is 0 Å². The number of hydrogen-bond acceptors (Lipinski definition) is 3. The summed E-state index contributed by atoms with van der Waals surface area (Å²) in [5.41, 5.74) is 2.71. The largest absolute Gasteiger partial charge is 0.310 e. The Bertz CT molecular complexity index is 550. The molecule has 0 aliphatic carbocycles. The second-order valence-electron chi connectivity index (χ2n) is 4.65. The van der Waals surface area contributed by atoms with Gasteiger partial charge in [0.1, 0.15) is 5.82 Å². The average molecular weight is 262 g/mol. The third kappa shape index (κ3) is 2.98. The zero-order valence-corrected chi connectivity index (χ0v) is 11.5. The summed E-state index contributed by atoms with van der Waals surface area (Å²) >= 11 is 0. The van der Waals surface area contributed by atoms with Crippen LogP contribution in [0.25, 0.3) is 11.3 Å². The first-order valence-electron chi connectivity index (χ1n) is 6.51. The van der Waals surface area contributed by atoms with Gasteiger partial charge in [-0.1, -0.05) is 18.2 Å². The average Bonchev–Trinajstić information content (AvgIpc) is 2.82. The Morgan fingerprint density at radius 3 is 2.84 bits per heavy atom. The molecule has 0 saturated heterocycles. The van der Waals surface area contributed by atoms with Crippen molar-refractivity contribution in [1.82, 2.24) is 20.3 Å². The summed E-state index contributed by atoms with van der Waals surface area (Å²) in [5.74, 6) is -0.248. The maximum absolute atomic E-state index is 13.5. The van der Waals surface area contributed by atoms with Crippen LogP contribution in [-0.2, 0) is 7.05 Å².